The fourth-order valence-electron chi connectivity index (χ4n) is 3.42. The van der Waals surface area contributed by atoms with E-state index in [2.05, 4.69) is 0 Å². The topological polar surface area (TPSA) is 61.6 Å². The number of nitrogen functional groups attached to an aromatic ring is 1. The van der Waals surface area contributed by atoms with Gasteiger partial charge in [-0.2, -0.15) is 0 Å². The molecule has 0 unspecified atom stereocenters. The SMILES string of the molecule is Nc1ccc(C2(c3ccc(Cl)cc3)OCCO2)cc1-c1ccccc1C=O. The summed E-state index contributed by atoms with van der Waals surface area (Å²) in [6, 6.07) is 20.4. The molecular weight excluding hydrogens is 362 g/mol. The molecule has 0 aromatic heterocycles. The van der Waals surface area contributed by atoms with Gasteiger partial charge in [-0.05, 0) is 29.8 Å². The van der Waals surface area contributed by atoms with Crippen LogP contribution in [0.5, 0.6) is 0 Å². The van der Waals surface area contributed by atoms with E-state index in [-0.39, 0.29) is 0 Å². The minimum Gasteiger partial charge on any atom is -0.398 e. The Kier molecular flexibility index (Phi) is 4.70. The second-order valence-corrected chi connectivity index (χ2v) is 6.76. The summed E-state index contributed by atoms with van der Waals surface area (Å²) < 4.78 is 12.1. The van der Waals surface area contributed by atoms with Crippen LogP contribution in [0, 0.1) is 0 Å². The quantitative estimate of drug-likeness (QED) is 0.529. The fourth-order valence-corrected chi connectivity index (χ4v) is 3.55. The molecule has 0 saturated carbocycles. The number of anilines is 1. The number of halogens is 1. The van der Waals surface area contributed by atoms with E-state index < -0.39 is 5.79 Å². The molecule has 0 spiro atoms. The Morgan fingerprint density at radius 2 is 1.56 bits per heavy atom. The zero-order chi connectivity index (χ0) is 18.9. The van der Waals surface area contributed by atoms with Crippen molar-refractivity contribution in [1.82, 2.24) is 0 Å². The van der Waals surface area contributed by atoms with E-state index in [1.54, 1.807) is 6.07 Å². The average Bonchev–Trinajstić information content (AvgIpc) is 3.20. The predicted molar refractivity (Wildman–Crippen MR) is 106 cm³/mol. The van der Waals surface area contributed by atoms with Crippen LogP contribution < -0.4 is 5.73 Å². The van der Waals surface area contributed by atoms with E-state index in [0.29, 0.717) is 29.5 Å². The Bertz CT molecular complexity index is 979. The molecule has 1 aliphatic heterocycles. The highest BCUT2D eigenvalue weighted by Gasteiger charge is 2.41. The van der Waals surface area contributed by atoms with Gasteiger partial charge in [0.05, 0.1) is 13.2 Å². The van der Waals surface area contributed by atoms with Crippen molar-refractivity contribution in [3.8, 4) is 11.1 Å². The van der Waals surface area contributed by atoms with Gasteiger partial charge in [0.15, 0.2) is 6.29 Å². The van der Waals surface area contributed by atoms with Gasteiger partial charge in [-0.25, -0.2) is 0 Å². The summed E-state index contributed by atoms with van der Waals surface area (Å²) in [6.07, 6.45) is 0.832. The van der Waals surface area contributed by atoms with E-state index >= 15 is 0 Å². The van der Waals surface area contributed by atoms with Crippen LogP contribution in [0.2, 0.25) is 5.02 Å². The summed E-state index contributed by atoms with van der Waals surface area (Å²) in [5.74, 6) is -1.02. The van der Waals surface area contributed by atoms with Crippen LogP contribution in [0.3, 0.4) is 0 Å². The van der Waals surface area contributed by atoms with Crippen molar-refractivity contribution >= 4 is 23.6 Å². The molecule has 136 valence electrons. The molecule has 1 aliphatic rings. The van der Waals surface area contributed by atoms with Crippen LogP contribution in [0.25, 0.3) is 11.1 Å². The molecule has 27 heavy (non-hydrogen) atoms. The van der Waals surface area contributed by atoms with E-state index in [9.17, 15) is 4.79 Å². The summed E-state index contributed by atoms with van der Waals surface area (Å²) in [5.41, 5.74) is 10.6. The van der Waals surface area contributed by atoms with Gasteiger partial charge < -0.3 is 15.2 Å². The number of carbonyl (C=O) groups is 1. The fraction of sp³-hybridized carbons (Fsp3) is 0.136. The van der Waals surface area contributed by atoms with E-state index in [1.807, 2.05) is 60.7 Å². The van der Waals surface area contributed by atoms with Crippen molar-refractivity contribution in [3.05, 3.63) is 88.4 Å². The van der Waals surface area contributed by atoms with Crippen LogP contribution in [-0.2, 0) is 15.3 Å². The lowest BCUT2D eigenvalue weighted by Gasteiger charge is -2.29. The molecule has 5 heteroatoms. The van der Waals surface area contributed by atoms with Gasteiger partial charge >= 0.3 is 0 Å². The van der Waals surface area contributed by atoms with Crippen LogP contribution in [0.4, 0.5) is 5.69 Å². The number of benzene rings is 3. The number of aldehydes is 1. The van der Waals surface area contributed by atoms with E-state index in [1.165, 1.54) is 0 Å². The first kappa shape index (κ1) is 17.7. The van der Waals surface area contributed by atoms with Crippen molar-refractivity contribution in [2.45, 2.75) is 5.79 Å². The zero-order valence-corrected chi connectivity index (χ0v) is 15.3. The Labute approximate surface area is 162 Å². The molecule has 0 bridgehead atoms. The summed E-state index contributed by atoms with van der Waals surface area (Å²) in [5, 5.41) is 0.643. The smallest absolute Gasteiger partial charge is 0.222 e. The average molecular weight is 380 g/mol. The van der Waals surface area contributed by atoms with Gasteiger partial charge in [0.1, 0.15) is 0 Å². The molecule has 0 amide bonds. The minimum absolute atomic E-state index is 0.479. The molecule has 0 atom stereocenters. The van der Waals surface area contributed by atoms with Crippen molar-refractivity contribution in [2.24, 2.45) is 0 Å². The maximum atomic E-state index is 11.5. The molecule has 0 aliphatic carbocycles. The highest BCUT2D eigenvalue weighted by atomic mass is 35.5. The summed E-state index contributed by atoms with van der Waals surface area (Å²) in [7, 11) is 0. The standard InChI is InChI=1S/C22H18ClNO3/c23-18-8-5-16(6-9-18)22(26-11-12-27-22)17-7-10-21(24)20(13-17)19-4-2-1-3-15(19)14-25/h1-10,13-14H,11-12,24H2. The molecule has 4 nitrogen and oxygen atoms in total. The number of nitrogens with two attached hydrogens (primary N) is 1. The Morgan fingerprint density at radius 3 is 2.26 bits per heavy atom. The number of hydrogen-bond donors (Lipinski definition) is 1. The third-order valence-corrected chi connectivity index (χ3v) is 4.98. The molecule has 4 rings (SSSR count). The van der Waals surface area contributed by atoms with Gasteiger partial charge in [-0.1, -0.05) is 54.1 Å². The van der Waals surface area contributed by atoms with Crippen molar-refractivity contribution in [2.75, 3.05) is 18.9 Å². The van der Waals surface area contributed by atoms with Crippen LogP contribution >= 0.6 is 11.6 Å². The van der Waals surface area contributed by atoms with Crippen LogP contribution in [-0.4, -0.2) is 19.5 Å². The van der Waals surface area contributed by atoms with Crippen LogP contribution in [0.15, 0.2) is 66.7 Å². The summed E-state index contributed by atoms with van der Waals surface area (Å²) in [4.78, 5) is 11.5. The van der Waals surface area contributed by atoms with Crippen LogP contribution in [0.1, 0.15) is 21.5 Å². The first-order valence-corrected chi connectivity index (χ1v) is 9.00. The Morgan fingerprint density at radius 1 is 0.889 bits per heavy atom. The van der Waals surface area contributed by atoms with Crippen molar-refractivity contribution in [3.63, 3.8) is 0 Å². The van der Waals surface area contributed by atoms with Crippen molar-refractivity contribution in [1.29, 1.82) is 0 Å². The van der Waals surface area contributed by atoms with E-state index in [0.717, 1.165) is 28.5 Å². The predicted octanol–water partition coefficient (Wildman–Crippen LogP) is 4.65. The van der Waals surface area contributed by atoms with Gasteiger partial charge in [0.25, 0.3) is 0 Å². The molecule has 2 N–H and O–H groups in total. The molecule has 0 radical (unpaired) electrons. The molecule has 1 heterocycles. The second-order valence-electron chi connectivity index (χ2n) is 6.33. The number of rotatable bonds is 4. The zero-order valence-electron chi connectivity index (χ0n) is 14.5. The normalized spacial score (nSPS) is 15.6. The summed E-state index contributed by atoms with van der Waals surface area (Å²) in [6.45, 7) is 0.959. The largest absolute Gasteiger partial charge is 0.398 e. The molecule has 1 saturated heterocycles. The minimum atomic E-state index is -1.02. The number of hydrogen-bond acceptors (Lipinski definition) is 4. The third-order valence-electron chi connectivity index (χ3n) is 4.73. The number of ether oxygens (including phenoxy) is 2. The van der Waals surface area contributed by atoms with Gasteiger partial charge in [-0.3, -0.25) is 4.79 Å². The molecule has 1 fully saturated rings. The lowest BCUT2D eigenvalue weighted by atomic mass is 9.91. The lowest BCUT2D eigenvalue weighted by molar-refractivity contribution is -0.129. The lowest BCUT2D eigenvalue weighted by Crippen LogP contribution is -2.28. The molecule has 3 aromatic carbocycles. The Hall–Kier alpha value is -2.66. The van der Waals surface area contributed by atoms with Gasteiger partial charge in [0.2, 0.25) is 5.79 Å². The Balaban J connectivity index is 1.88. The summed E-state index contributed by atoms with van der Waals surface area (Å²) >= 11 is 6.04. The van der Waals surface area contributed by atoms with Crippen molar-refractivity contribution < 1.29 is 14.3 Å². The first-order chi connectivity index (χ1) is 13.1. The molecule has 3 aromatic rings. The first-order valence-electron chi connectivity index (χ1n) is 8.62. The third kappa shape index (κ3) is 3.12. The van der Waals surface area contributed by atoms with Gasteiger partial charge in [-0.15, -0.1) is 0 Å². The van der Waals surface area contributed by atoms with Gasteiger partial charge in [0, 0.05) is 33.0 Å². The highest BCUT2D eigenvalue weighted by molar-refractivity contribution is 6.30. The molecular formula is C22H18ClNO3. The monoisotopic (exact) mass is 379 g/mol. The number of carbonyl (C=O) groups excluding carboxylic acids is 1. The second kappa shape index (κ2) is 7.16. The van der Waals surface area contributed by atoms with E-state index in [4.69, 9.17) is 26.8 Å². The highest BCUT2D eigenvalue weighted by Crippen LogP contribution is 2.41. The maximum Gasteiger partial charge on any atom is 0.222 e. The maximum absolute atomic E-state index is 11.5.